The molecule has 0 radical (unpaired) electrons. The number of benzene rings is 1. The highest BCUT2D eigenvalue weighted by Crippen LogP contribution is 2.27. The van der Waals surface area contributed by atoms with Gasteiger partial charge in [-0.25, -0.2) is 9.97 Å². The van der Waals surface area contributed by atoms with E-state index in [1.54, 1.807) is 13.3 Å². The summed E-state index contributed by atoms with van der Waals surface area (Å²) in [5.41, 5.74) is 0.956. The van der Waals surface area contributed by atoms with Crippen LogP contribution in [0.3, 0.4) is 0 Å². The number of aromatic nitrogens is 2. The van der Waals surface area contributed by atoms with Gasteiger partial charge in [0.2, 0.25) is 0 Å². The summed E-state index contributed by atoms with van der Waals surface area (Å²) in [6.07, 6.45) is 3.65. The summed E-state index contributed by atoms with van der Waals surface area (Å²) in [5, 5.41) is 1.06. The number of hydrogen-bond donors (Lipinski definition) is 0. The molecule has 1 fully saturated rings. The number of hydrogen-bond acceptors (Lipinski definition) is 4. The van der Waals surface area contributed by atoms with Crippen LogP contribution in [0.1, 0.15) is 19.8 Å². The molecule has 1 unspecified atom stereocenters. The van der Waals surface area contributed by atoms with Gasteiger partial charge in [0, 0.05) is 24.4 Å². The lowest BCUT2D eigenvalue weighted by atomic mass is 9.94. The Labute approximate surface area is 112 Å². The molecule has 1 saturated heterocycles. The van der Waals surface area contributed by atoms with E-state index in [9.17, 15) is 4.79 Å². The summed E-state index contributed by atoms with van der Waals surface area (Å²) in [6, 6.07) is 8.02. The molecule has 4 nitrogen and oxygen atoms in total. The van der Waals surface area contributed by atoms with Gasteiger partial charge in [-0.1, -0.05) is 12.1 Å². The van der Waals surface area contributed by atoms with E-state index < -0.39 is 0 Å². The Balaban J connectivity index is 1.97. The maximum Gasteiger partial charge on any atom is 0.139 e. The fourth-order valence-electron chi connectivity index (χ4n) is 2.74. The number of carbonyl (C=O) groups is 1. The van der Waals surface area contributed by atoms with Crippen molar-refractivity contribution < 1.29 is 4.79 Å². The van der Waals surface area contributed by atoms with Crippen molar-refractivity contribution in [3.05, 3.63) is 30.6 Å². The molecule has 2 aromatic rings. The minimum absolute atomic E-state index is 0.141. The monoisotopic (exact) mass is 255 g/mol. The molecule has 98 valence electrons. The van der Waals surface area contributed by atoms with Gasteiger partial charge in [-0.05, 0) is 31.9 Å². The van der Waals surface area contributed by atoms with E-state index in [1.165, 1.54) is 0 Å². The van der Waals surface area contributed by atoms with E-state index in [0.29, 0.717) is 0 Å². The summed E-state index contributed by atoms with van der Waals surface area (Å²) >= 11 is 0. The third-order valence-corrected chi connectivity index (χ3v) is 3.82. The van der Waals surface area contributed by atoms with E-state index in [1.807, 2.05) is 24.3 Å². The van der Waals surface area contributed by atoms with Crippen molar-refractivity contribution in [2.45, 2.75) is 19.8 Å². The van der Waals surface area contributed by atoms with Gasteiger partial charge < -0.3 is 4.90 Å². The molecule has 0 amide bonds. The maximum atomic E-state index is 11.6. The second-order valence-electron chi connectivity index (χ2n) is 5.11. The number of rotatable bonds is 2. The zero-order chi connectivity index (χ0) is 13.2. The third kappa shape index (κ3) is 2.30. The van der Waals surface area contributed by atoms with Crippen molar-refractivity contribution in [1.82, 2.24) is 9.97 Å². The fraction of sp³-hybridized carbons (Fsp3) is 0.400. The van der Waals surface area contributed by atoms with Crippen LogP contribution >= 0.6 is 0 Å². The Kier molecular flexibility index (Phi) is 3.15. The number of carbonyl (C=O) groups excluding carboxylic acids is 1. The van der Waals surface area contributed by atoms with Crippen LogP contribution in [0.4, 0.5) is 5.82 Å². The number of nitrogens with zero attached hydrogens (tertiary/aromatic N) is 3. The summed E-state index contributed by atoms with van der Waals surface area (Å²) in [6.45, 7) is 3.42. The molecule has 1 aromatic carbocycles. The predicted octanol–water partition coefficient (Wildman–Crippen LogP) is 2.44. The predicted molar refractivity (Wildman–Crippen MR) is 75.2 cm³/mol. The van der Waals surface area contributed by atoms with E-state index in [2.05, 4.69) is 14.9 Å². The van der Waals surface area contributed by atoms with Gasteiger partial charge in [0.05, 0.1) is 5.52 Å². The molecule has 2 heterocycles. The van der Waals surface area contributed by atoms with Crippen molar-refractivity contribution in [3.63, 3.8) is 0 Å². The highest BCUT2D eigenvalue weighted by molar-refractivity contribution is 5.89. The van der Waals surface area contributed by atoms with Crippen LogP contribution < -0.4 is 4.90 Å². The highest BCUT2D eigenvalue weighted by atomic mass is 16.1. The first-order valence-corrected chi connectivity index (χ1v) is 6.71. The summed E-state index contributed by atoms with van der Waals surface area (Å²) in [4.78, 5) is 22.5. The van der Waals surface area contributed by atoms with Gasteiger partial charge in [0.25, 0.3) is 0 Å². The van der Waals surface area contributed by atoms with Crippen LogP contribution in [-0.4, -0.2) is 28.8 Å². The van der Waals surface area contributed by atoms with Crippen molar-refractivity contribution in [1.29, 1.82) is 0 Å². The number of fused-ring (bicyclic) bond motifs is 1. The molecule has 0 saturated carbocycles. The smallest absolute Gasteiger partial charge is 0.139 e. The van der Waals surface area contributed by atoms with Crippen LogP contribution in [0.25, 0.3) is 10.9 Å². The molecule has 0 bridgehead atoms. The molecule has 0 N–H and O–H groups in total. The van der Waals surface area contributed by atoms with Crippen molar-refractivity contribution in [2.24, 2.45) is 5.92 Å². The van der Waals surface area contributed by atoms with Crippen molar-refractivity contribution in [3.8, 4) is 0 Å². The molecule has 1 atom stereocenters. The number of para-hydroxylation sites is 1. The zero-order valence-electron chi connectivity index (χ0n) is 11.0. The minimum Gasteiger partial charge on any atom is -0.355 e. The molecule has 19 heavy (non-hydrogen) atoms. The van der Waals surface area contributed by atoms with Crippen LogP contribution in [0.15, 0.2) is 30.6 Å². The van der Waals surface area contributed by atoms with Gasteiger partial charge in [0.1, 0.15) is 17.9 Å². The van der Waals surface area contributed by atoms with Crippen LogP contribution in [0.2, 0.25) is 0 Å². The van der Waals surface area contributed by atoms with E-state index in [-0.39, 0.29) is 11.7 Å². The molecule has 1 aliphatic heterocycles. The van der Waals surface area contributed by atoms with Crippen molar-refractivity contribution in [2.75, 3.05) is 18.0 Å². The fourth-order valence-corrected chi connectivity index (χ4v) is 2.74. The Morgan fingerprint density at radius 2 is 2.16 bits per heavy atom. The normalized spacial score (nSPS) is 19.6. The number of ketones is 1. The lowest BCUT2D eigenvalue weighted by Gasteiger charge is -2.32. The van der Waals surface area contributed by atoms with Gasteiger partial charge in [-0.3, -0.25) is 4.79 Å². The quantitative estimate of drug-likeness (QED) is 0.827. The molecular weight excluding hydrogens is 238 g/mol. The van der Waals surface area contributed by atoms with Gasteiger partial charge >= 0.3 is 0 Å². The summed E-state index contributed by atoms with van der Waals surface area (Å²) in [5.74, 6) is 1.38. The largest absolute Gasteiger partial charge is 0.355 e. The Hall–Kier alpha value is -1.97. The molecule has 4 heteroatoms. The molecule has 3 rings (SSSR count). The lowest BCUT2D eigenvalue weighted by Crippen LogP contribution is -2.38. The van der Waals surface area contributed by atoms with Crippen molar-refractivity contribution >= 4 is 22.5 Å². The minimum atomic E-state index is 0.141. The van der Waals surface area contributed by atoms with Gasteiger partial charge in [0.15, 0.2) is 0 Å². The molecule has 0 spiro atoms. The van der Waals surface area contributed by atoms with Gasteiger partial charge in [-0.15, -0.1) is 0 Å². The molecule has 1 aromatic heterocycles. The maximum absolute atomic E-state index is 11.6. The van der Waals surface area contributed by atoms with E-state index in [0.717, 1.165) is 42.7 Å². The first kappa shape index (κ1) is 12.1. The van der Waals surface area contributed by atoms with E-state index >= 15 is 0 Å². The van der Waals surface area contributed by atoms with Crippen LogP contribution in [-0.2, 0) is 4.79 Å². The van der Waals surface area contributed by atoms with Crippen LogP contribution in [0.5, 0.6) is 0 Å². The third-order valence-electron chi connectivity index (χ3n) is 3.82. The Morgan fingerprint density at radius 1 is 1.32 bits per heavy atom. The summed E-state index contributed by atoms with van der Waals surface area (Å²) in [7, 11) is 0. The average Bonchev–Trinajstić information content (AvgIpc) is 2.47. The second-order valence-corrected chi connectivity index (χ2v) is 5.11. The molecule has 1 aliphatic rings. The zero-order valence-corrected chi connectivity index (χ0v) is 11.0. The Morgan fingerprint density at radius 3 is 3.00 bits per heavy atom. The average molecular weight is 255 g/mol. The Bertz CT molecular complexity index is 606. The van der Waals surface area contributed by atoms with E-state index in [4.69, 9.17) is 0 Å². The first-order chi connectivity index (χ1) is 9.25. The highest BCUT2D eigenvalue weighted by Gasteiger charge is 2.24. The molecule has 0 aliphatic carbocycles. The SMILES string of the molecule is CC(=O)C1CCCN(c2ncnc3ccccc23)C1. The standard InChI is InChI=1S/C15H17N3O/c1-11(19)12-5-4-8-18(9-12)15-13-6-2-3-7-14(13)16-10-17-15/h2-3,6-7,10,12H,4-5,8-9H2,1H3. The number of anilines is 1. The topological polar surface area (TPSA) is 46.1 Å². The second kappa shape index (κ2) is 4.96. The van der Waals surface area contributed by atoms with Crippen LogP contribution in [0, 0.1) is 5.92 Å². The first-order valence-electron chi connectivity index (χ1n) is 6.71. The number of piperidine rings is 1. The lowest BCUT2D eigenvalue weighted by molar-refractivity contribution is -0.120. The van der Waals surface area contributed by atoms with Gasteiger partial charge in [-0.2, -0.15) is 0 Å². The number of Topliss-reactive ketones (excluding diaryl/α,β-unsaturated/α-hetero) is 1. The summed E-state index contributed by atoms with van der Waals surface area (Å²) < 4.78 is 0. The molecular formula is C15H17N3O.